The van der Waals surface area contributed by atoms with Crippen LogP contribution in [-0.4, -0.2) is 28.9 Å². The van der Waals surface area contributed by atoms with Crippen LogP contribution in [0.2, 0.25) is 0 Å². The van der Waals surface area contributed by atoms with Gasteiger partial charge >= 0.3 is 0 Å². The lowest BCUT2D eigenvalue weighted by molar-refractivity contribution is -0.385. The Hall–Kier alpha value is -3.46. The summed E-state index contributed by atoms with van der Waals surface area (Å²) in [5, 5.41) is 24.7. The average Bonchev–Trinajstić information content (AvgIpc) is 3.08. The normalized spacial score (nSPS) is 13.6. The molecule has 0 radical (unpaired) electrons. The molecule has 25 heavy (non-hydrogen) atoms. The molecule has 1 aliphatic rings. The van der Waals surface area contributed by atoms with Crippen molar-refractivity contribution in [1.29, 1.82) is 0 Å². The number of aliphatic hydroxyl groups excluding tert-OH is 1. The number of nitrogens with one attached hydrogen (secondary N) is 1. The fourth-order valence-corrected chi connectivity index (χ4v) is 2.22. The summed E-state index contributed by atoms with van der Waals surface area (Å²) in [6, 6.07) is 10.9. The van der Waals surface area contributed by atoms with Crippen molar-refractivity contribution in [2.75, 3.05) is 6.79 Å². The van der Waals surface area contributed by atoms with Gasteiger partial charge in [-0.2, -0.15) is 5.10 Å². The molecule has 2 aromatic carbocycles. The summed E-state index contributed by atoms with van der Waals surface area (Å²) in [6.45, 7) is -0.0207. The number of nitrogens with zero attached hydrogens (tertiary/aromatic N) is 2. The standard InChI is InChI=1S/C16H13N3O6/c20-15(10-4-2-1-3-5-10)16(21)18-17-8-11-6-13-14(25-9-24-13)7-12(11)19(22)23/h1-8,15,20H,9H2,(H,18,21)/b17-8-/t15-/m0/s1. The predicted octanol–water partition coefficient (Wildman–Crippen LogP) is 1.51. The number of nitro groups is 1. The Bertz CT molecular complexity index is 837. The van der Waals surface area contributed by atoms with Crippen molar-refractivity contribution in [1.82, 2.24) is 5.43 Å². The van der Waals surface area contributed by atoms with Gasteiger partial charge in [-0.3, -0.25) is 14.9 Å². The van der Waals surface area contributed by atoms with E-state index in [0.717, 1.165) is 6.21 Å². The molecule has 0 saturated carbocycles. The van der Waals surface area contributed by atoms with Crippen molar-refractivity contribution < 1.29 is 24.3 Å². The van der Waals surface area contributed by atoms with Crippen molar-refractivity contribution in [3.8, 4) is 11.5 Å². The third-order valence-corrected chi connectivity index (χ3v) is 3.46. The number of carbonyl (C=O) groups excluding carboxylic acids is 1. The lowest BCUT2D eigenvalue weighted by atomic mass is 10.1. The fraction of sp³-hybridized carbons (Fsp3) is 0.125. The molecule has 1 atom stereocenters. The van der Waals surface area contributed by atoms with Crippen LogP contribution in [0, 0.1) is 10.1 Å². The first-order valence-corrected chi connectivity index (χ1v) is 7.20. The molecule has 0 unspecified atom stereocenters. The van der Waals surface area contributed by atoms with Gasteiger partial charge in [0.1, 0.15) is 0 Å². The number of aliphatic hydroxyl groups is 1. The van der Waals surface area contributed by atoms with Crippen molar-refractivity contribution in [3.63, 3.8) is 0 Å². The quantitative estimate of drug-likeness (QED) is 0.482. The van der Waals surface area contributed by atoms with Crippen LogP contribution in [-0.2, 0) is 4.79 Å². The Labute approximate surface area is 141 Å². The number of nitro benzene ring substituents is 1. The van der Waals surface area contributed by atoms with Crippen molar-refractivity contribution in [2.24, 2.45) is 5.10 Å². The van der Waals surface area contributed by atoms with Crippen LogP contribution < -0.4 is 14.9 Å². The lowest BCUT2D eigenvalue weighted by Crippen LogP contribution is -2.25. The van der Waals surface area contributed by atoms with Gasteiger partial charge in [-0.25, -0.2) is 5.43 Å². The maximum absolute atomic E-state index is 11.9. The van der Waals surface area contributed by atoms with Gasteiger partial charge in [0, 0.05) is 0 Å². The highest BCUT2D eigenvalue weighted by atomic mass is 16.7. The molecule has 1 aliphatic heterocycles. The number of carbonyl (C=O) groups is 1. The third kappa shape index (κ3) is 3.56. The number of hydrogen-bond acceptors (Lipinski definition) is 7. The van der Waals surface area contributed by atoms with Crippen LogP contribution in [0.25, 0.3) is 0 Å². The van der Waals surface area contributed by atoms with E-state index in [-0.39, 0.29) is 23.8 Å². The SMILES string of the molecule is O=C(N/N=C\c1cc2c(cc1[N+](=O)[O-])OCO2)[C@@H](O)c1ccccc1. The molecule has 9 heteroatoms. The summed E-state index contributed by atoms with van der Waals surface area (Å²) in [6.07, 6.45) is -0.291. The largest absolute Gasteiger partial charge is 0.454 e. The van der Waals surface area contributed by atoms with Crippen LogP contribution >= 0.6 is 0 Å². The van der Waals surface area contributed by atoms with Gasteiger partial charge < -0.3 is 14.6 Å². The highest BCUT2D eigenvalue weighted by Crippen LogP contribution is 2.37. The van der Waals surface area contributed by atoms with Gasteiger partial charge in [0.2, 0.25) is 6.79 Å². The van der Waals surface area contributed by atoms with Crippen molar-refractivity contribution in [2.45, 2.75) is 6.10 Å². The van der Waals surface area contributed by atoms with Gasteiger partial charge in [0.15, 0.2) is 17.6 Å². The van der Waals surface area contributed by atoms with Crippen LogP contribution in [0.15, 0.2) is 47.6 Å². The van der Waals surface area contributed by atoms with E-state index in [9.17, 15) is 20.0 Å². The van der Waals surface area contributed by atoms with Gasteiger partial charge in [0.25, 0.3) is 11.6 Å². The molecule has 2 aromatic rings. The van der Waals surface area contributed by atoms with E-state index in [4.69, 9.17) is 9.47 Å². The molecule has 0 fully saturated rings. The smallest absolute Gasteiger partial charge is 0.282 e. The van der Waals surface area contributed by atoms with Crippen LogP contribution in [0.4, 0.5) is 5.69 Å². The third-order valence-electron chi connectivity index (χ3n) is 3.46. The van der Waals surface area contributed by atoms with E-state index in [1.54, 1.807) is 30.3 Å². The van der Waals surface area contributed by atoms with Crippen molar-refractivity contribution >= 4 is 17.8 Å². The van der Waals surface area contributed by atoms with Gasteiger partial charge in [-0.1, -0.05) is 30.3 Å². The van der Waals surface area contributed by atoms with E-state index in [0.29, 0.717) is 11.3 Å². The minimum atomic E-state index is -1.40. The second-order valence-electron chi connectivity index (χ2n) is 5.07. The number of hydrazone groups is 1. The van der Waals surface area contributed by atoms with Crippen LogP contribution in [0.3, 0.4) is 0 Å². The summed E-state index contributed by atoms with van der Waals surface area (Å²) in [5.41, 5.74) is 2.44. The van der Waals surface area contributed by atoms with Crippen LogP contribution in [0.1, 0.15) is 17.2 Å². The molecule has 1 heterocycles. The molecule has 1 amide bonds. The van der Waals surface area contributed by atoms with E-state index in [1.165, 1.54) is 12.1 Å². The highest BCUT2D eigenvalue weighted by molar-refractivity contribution is 5.89. The zero-order valence-electron chi connectivity index (χ0n) is 12.8. The zero-order valence-corrected chi connectivity index (χ0v) is 12.8. The monoisotopic (exact) mass is 343 g/mol. The van der Waals surface area contributed by atoms with E-state index >= 15 is 0 Å². The second kappa shape index (κ2) is 6.97. The number of amides is 1. The van der Waals surface area contributed by atoms with E-state index < -0.39 is 16.9 Å². The maximum Gasteiger partial charge on any atom is 0.282 e. The molecule has 0 aliphatic carbocycles. The molecule has 0 spiro atoms. The molecule has 0 aromatic heterocycles. The molecule has 0 bridgehead atoms. The zero-order chi connectivity index (χ0) is 17.8. The van der Waals surface area contributed by atoms with Crippen LogP contribution in [0.5, 0.6) is 11.5 Å². The predicted molar refractivity (Wildman–Crippen MR) is 86.4 cm³/mol. The van der Waals surface area contributed by atoms with E-state index in [2.05, 4.69) is 10.5 Å². The van der Waals surface area contributed by atoms with Gasteiger partial charge in [-0.05, 0) is 11.6 Å². The summed E-state index contributed by atoms with van der Waals surface area (Å²) in [5.74, 6) is -0.138. The summed E-state index contributed by atoms with van der Waals surface area (Å²) >= 11 is 0. The maximum atomic E-state index is 11.9. The van der Waals surface area contributed by atoms with Gasteiger partial charge in [0.05, 0.1) is 22.8 Å². The first-order valence-electron chi connectivity index (χ1n) is 7.20. The summed E-state index contributed by atoms with van der Waals surface area (Å²) < 4.78 is 10.3. The number of hydrogen-bond donors (Lipinski definition) is 2. The second-order valence-corrected chi connectivity index (χ2v) is 5.07. The molecule has 0 saturated heterocycles. The van der Waals surface area contributed by atoms with E-state index in [1.807, 2.05) is 0 Å². The molecule has 3 rings (SSSR count). The molecular weight excluding hydrogens is 330 g/mol. The molecular formula is C16H13N3O6. The van der Waals surface area contributed by atoms with Crippen molar-refractivity contribution in [3.05, 3.63) is 63.7 Å². The number of benzene rings is 2. The topological polar surface area (TPSA) is 123 Å². The minimum absolute atomic E-state index is 0.0207. The number of ether oxygens (including phenoxy) is 2. The highest BCUT2D eigenvalue weighted by Gasteiger charge is 2.22. The first kappa shape index (κ1) is 16.4. The fourth-order valence-electron chi connectivity index (χ4n) is 2.22. The Morgan fingerprint density at radius 2 is 1.96 bits per heavy atom. The molecule has 128 valence electrons. The molecule has 9 nitrogen and oxygen atoms in total. The Kier molecular flexibility index (Phi) is 4.57. The summed E-state index contributed by atoms with van der Waals surface area (Å²) in [7, 11) is 0. The average molecular weight is 343 g/mol. The Morgan fingerprint density at radius 1 is 1.28 bits per heavy atom. The number of rotatable bonds is 5. The Balaban J connectivity index is 1.74. The minimum Gasteiger partial charge on any atom is -0.454 e. The molecule has 2 N–H and O–H groups in total. The number of fused-ring (bicyclic) bond motifs is 1. The first-order chi connectivity index (χ1) is 12.1. The Morgan fingerprint density at radius 3 is 2.64 bits per heavy atom. The van der Waals surface area contributed by atoms with Gasteiger partial charge in [-0.15, -0.1) is 0 Å². The lowest BCUT2D eigenvalue weighted by Gasteiger charge is -2.08. The summed E-state index contributed by atoms with van der Waals surface area (Å²) in [4.78, 5) is 22.4.